The molecule has 1 aliphatic carbocycles. The van der Waals surface area contributed by atoms with Crippen LogP contribution in [0.1, 0.15) is 13.3 Å². The number of rotatable bonds is 3. The second kappa shape index (κ2) is 3.73. The highest BCUT2D eigenvalue weighted by Gasteiger charge is 2.60. The number of esters is 1. The summed E-state index contributed by atoms with van der Waals surface area (Å²) in [4.78, 5) is 10.8. The van der Waals surface area contributed by atoms with Crippen LogP contribution in [-0.2, 0) is 19.0 Å². The van der Waals surface area contributed by atoms with Crippen molar-refractivity contribution in [2.24, 2.45) is 5.92 Å². The third-order valence-electron chi connectivity index (χ3n) is 3.29. The van der Waals surface area contributed by atoms with Gasteiger partial charge >= 0.3 is 5.97 Å². The van der Waals surface area contributed by atoms with Gasteiger partial charge in [-0.3, -0.25) is 4.79 Å². The van der Waals surface area contributed by atoms with Crippen LogP contribution in [0.15, 0.2) is 0 Å². The first-order chi connectivity index (χ1) is 7.09. The Morgan fingerprint density at radius 3 is 2.93 bits per heavy atom. The molecule has 0 radical (unpaired) electrons. The zero-order chi connectivity index (χ0) is 11.1. The lowest BCUT2D eigenvalue weighted by Crippen LogP contribution is -2.43. The molecule has 0 unspecified atom stereocenters. The van der Waals surface area contributed by atoms with Crippen LogP contribution < -0.4 is 0 Å². The molecule has 4 atom stereocenters. The minimum absolute atomic E-state index is 0.00515. The van der Waals surface area contributed by atoms with E-state index in [4.69, 9.17) is 14.2 Å². The van der Waals surface area contributed by atoms with Gasteiger partial charge in [0.05, 0.1) is 18.8 Å². The summed E-state index contributed by atoms with van der Waals surface area (Å²) in [5, 5.41) is 9.75. The fourth-order valence-corrected chi connectivity index (χ4v) is 2.61. The summed E-state index contributed by atoms with van der Waals surface area (Å²) in [5.74, 6) is -0.335. The lowest BCUT2D eigenvalue weighted by atomic mass is 10.0. The van der Waals surface area contributed by atoms with E-state index in [-0.39, 0.29) is 24.6 Å². The predicted molar refractivity (Wildman–Crippen MR) is 50.2 cm³/mol. The maximum Gasteiger partial charge on any atom is 0.302 e. The molecule has 1 saturated heterocycles. The van der Waals surface area contributed by atoms with E-state index in [0.29, 0.717) is 13.0 Å². The summed E-state index contributed by atoms with van der Waals surface area (Å²) in [6, 6.07) is 0. The van der Waals surface area contributed by atoms with Gasteiger partial charge in [0, 0.05) is 26.4 Å². The zero-order valence-corrected chi connectivity index (χ0v) is 8.93. The molecule has 5 heteroatoms. The summed E-state index contributed by atoms with van der Waals surface area (Å²) in [7, 11) is 1.59. The van der Waals surface area contributed by atoms with Crippen LogP contribution in [-0.4, -0.2) is 49.2 Å². The van der Waals surface area contributed by atoms with Crippen molar-refractivity contribution in [3.8, 4) is 0 Å². The van der Waals surface area contributed by atoms with Crippen LogP contribution in [0, 0.1) is 5.92 Å². The molecule has 0 aromatic rings. The molecule has 0 aromatic carbocycles. The first-order valence-corrected chi connectivity index (χ1v) is 5.07. The largest absolute Gasteiger partial charge is 0.463 e. The molecule has 1 aliphatic heterocycles. The van der Waals surface area contributed by atoms with Crippen molar-refractivity contribution >= 4 is 5.97 Å². The van der Waals surface area contributed by atoms with E-state index in [0.717, 1.165) is 0 Å². The molecular formula is C10H16O5. The van der Waals surface area contributed by atoms with E-state index < -0.39 is 11.7 Å². The van der Waals surface area contributed by atoms with Crippen molar-refractivity contribution in [2.45, 2.75) is 31.2 Å². The van der Waals surface area contributed by atoms with Gasteiger partial charge in [-0.15, -0.1) is 0 Å². The molecule has 0 amide bonds. The van der Waals surface area contributed by atoms with E-state index in [2.05, 4.69) is 0 Å². The van der Waals surface area contributed by atoms with Crippen LogP contribution in [0.3, 0.4) is 0 Å². The van der Waals surface area contributed by atoms with Gasteiger partial charge in [0.15, 0.2) is 0 Å². The van der Waals surface area contributed by atoms with E-state index in [1.165, 1.54) is 6.92 Å². The van der Waals surface area contributed by atoms with Gasteiger partial charge < -0.3 is 19.3 Å². The molecule has 1 heterocycles. The molecule has 2 fully saturated rings. The normalized spacial score (nSPS) is 43.3. The van der Waals surface area contributed by atoms with Gasteiger partial charge in [-0.2, -0.15) is 0 Å². The van der Waals surface area contributed by atoms with Crippen molar-refractivity contribution in [3.63, 3.8) is 0 Å². The monoisotopic (exact) mass is 216 g/mol. The molecular weight excluding hydrogens is 200 g/mol. The van der Waals surface area contributed by atoms with Gasteiger partial charge in [-0.05, 0) is 0 Å². The molecule has 0 spiro atoms. The molecule has 2 rings (SSSR count). The lowest BCUT2D eigenvalue weighted by Gasteiger charge is -2.29. The Bertz CT molecular complexity index is 267. The Morgan fingerprint density at radius 1 is 1.67 bits per heavy atom. The quantitative estimate of drug-likeness (QED) is 0.657. The van der Waals surface area contributed by atoms with Crippen LogP contribution in [0.4, 0.5) is 0 Å². The topological polar surface area (TPSA) is 65.0 Å². The summed E-state index contributed by atoms with van der Waals surface area (Å²) in [6.45, 7) is 1.99. The van der Waals surface area contributed by atoms with E-state index in [9.17, 15) is 9.90 Å². The van der Waals surface area contributed by atoms with Crippen LogP contribution >= 0.6 is 0 Å². The van der Waals surface area contributed by atoms with Crippen molar-refractivity contribution in [3.05, 3.63) is 0 Å². The Morgan fingerprint density at radius 2 is 2.40 bits per heavy atom. The third-order valence-corrected chi connectivity index (χ3v) is 3.29. The van der Waals surface area contributed by atoms with Crippen LogP contribution in [0.5, 0.6) is 0 Å². The van der Waals surface area contributed by atoms with Crippen LogP contribution in [0.2, 0.25) is 0 Å². The SMILES string of the molecule is CO[C@H]1[C@H]2CO[C@@]1(COC(C)=O)C[C@@H]2O. The number of methoxy groups -OCH3 is 1. The lowest BCUT2D eigenvalue weighted by molar-refractivity contribution is -0.159. The zero-order valence-electron chi connectivity index (χ0n) is 8.93. The molecule has 1 N–H and O–H groups in total. The average Bonchev–Trinajstić information content (AvgIpc) is 2.66. The van der Waals surface area contributed by atoms with Crippen molar-refractivity contribution in [1.82, 2.24) is 0 Å². The summed E-state index contributed by atoms with van der Waals surface area (Å²) in [6.07, 6.45) is -0.116. The number of ether oxygens (including phenoxy) is 3. The summed E-state index contributed by atoms with van der Waals surface area (Å²) < 4.78 is 15.9. The van der Waals surface area contributed by atoms with Crippen molar-refractivity contribution < 1.29 is 24.1 Å². The Kier molecular flexibility index (Phi) is 2.70. The van der Waals surface area contributed by atoms with E-state index in [1.54, 1.807) is 7.11 Å². The fraction of sp³-hybridized carbons (Fsp3) is 0.900. The van der Waals surface area contributed by atoms with Gasteiger partial charge in [0.1, 0.15) is 12.2 Å². The molecule has 2 bridgehead atoms. The number of carbonyl (C=O) groups excluding carboxylic acids is 1. The second-order valence-corrected chi connectivity index (χ2v) is 4.25. The number of aliphatic hydroxyl groups is 1. The maximum absolute atomic E-state index is 10.8. The smallest absolute Gasteiger partial charge is 0.302 e. The number of aliphatic hydroxyl groups excluding tert-OH is 1. The first-order valence-electron chi connectivity index (χ1n) is 5.07. The highest BCUT2D eigenvalue weighted by atomic mass is 16.6. The van der Waals surface area contributed by atoms with Gasteiger partial charge in [-0.25, -0.2) is 0 Å². The summed E-state index contributed by atoms with van der Waals surface area (Å²) in [5.41, 5.74) is -0.634. The first kappa shape index (κ1) is 10.9. The second-order valence-electron chi connectivity index (χ2n) is 4.25. The average molecular weight is 216 g/mol. The molecule has 2 aliphatic rings. The number of fused-ring (bicyclic) bond motifs is 2. The highest BCUT2D eigenvalue weighted by Crippen LogP contribution is 2.46. The third kappa shape index (κ3) is 1.64. The van der Waals surface area contributed by atoms with E-state index >= 15 is 0 Å². The molecule has 5 nitrogen and oxygen atoms in total. The van der Waals surface area contributed by atoms with Gasteiger partial charge in [0.2, 0.25) is 0 Å². The van der Waals surface area contributed by atoms with Gasteiger partial charge in [-0.1, -0.05) is 0 Å². The van der Waals surface area contributed by atoms with Crippen molar-refractivity contribution in [1.29, 1.82) is 0 Å². The van der Waals surface area contributed by atoms with E-state index in [1.807, 2.05) is 0 Å². The fourth-order valence-electron chi connectivity index (χ4n) is 2.61. The predicted octanol–water partition coefficient (Wildman–Crippen LogP) is -0.286. The number of hydrogen-bond donors (Lipinski definition) is 1. The van der Waals surface area contributed by atoms with Crippen molar-refractivity contribution in [2.75, 3.05) is 20.3 Å². The molecule has 86 valence electrons. The minimum Gasteiger partial charge on any atom is -0.463 e. The molecule has 15 heavy (non-hydrogen) atoms. The Hall–Kier alpha value is -0.650. The standard InChI is InChI=1S/C10H16O5/c1-6(11)14-5-10-3-8(12)7(4-15-10)9(10)13-2/h7-9,12H,3-5H2,1-2H3/t7-,8-,9-,10+/m0/s1. The molecule has 1 saturated carbocycles. The minimum atomic E-state index is -0.634. The van der Waals surface area contributed by atoms with Crippen LogP contribution in [0.25, 0.3) is 0 Å². The Balaban J connectivity index is 2.08. The van der Waals surface area contributed by atoms with Gasteiger partial charge in [0.25, 0.3) is 0 Å². The molecule has 0 aromatic heterocycles. The summed E-state index contributed by atoms with van der Waals surface area (Å²) >= 11 is 0. The number of hydrogen-bond acceptors (Lipinski definition) is 5. The Labute approximate surface area is 88.3 Å². The number of carbonyl (C=O) groups is 1. The highest BCUT2D eigenvalue weighted by molar-refractivity contribution is 5.66. The maximum atomic E-state index is 10.8.